The number of nitrogens with one attached hydrogen (secondary N) is 1. The van der Waals surface area contributed by atoms with Gasteiger partial charge in [0.25, 0.3) is 0 Å². The molecule has 2 heterocycles. The van der Waals surface area contributed by atoms with Gasteiger partial charge in [0.1, 0.15) is 0 Å². The minimum Gasteiger partial charge on any atom is -0.381 e. The Hall–Kier alpha value is -2.52. The van der Waals surface area contributed by atoms with Crippen molar-refractivity contribution in [3.63, 3.8) is 0 Å². The van der Waals surface area contributed by atoms with Gasteiger partial charge in [0.15, 0.2) is 5.16 Å². The highest BCUT2D eigenvalue weighted by molar-refractivity contribution is 7.99. The van der Waals surface area contributed by atoms with Crippen LogP contribution in [-0.2, 0) is 22.3 Å². The lowest BCUT2D eigenvalue weighted by atomic mass is 10.1. The van der Waals surface area contributed by atoms with Gasteiger partial charge in [-0.1, -0.05) is 42.1 Å². The van der Waals surface area contributed by atoms with Crippen LogP contribution < -0.4 is 5.32 Å². The maximum atomic E-state index is 13.1. The maximum Gasteiger partial charge on any atom is 0.416 e. The number of thioether (sulfide) groups is 1. The average Bonchev–Trinajstić information content (AvgIpc) is 3.10. The smallest absolute Gasteiger partial charge is 0.381 e. The second kappa shape index (κ2) is 9.32. The molecule has 0 radical (unpaired) electrons. The van der Waals surface area contributed by atoms with E-state index in [0.29, 0.717) is 30.4 Å². The minimum atomic E-state index is -4.44. The van der Waals surface area contributed by atoms with Gasteiger partial charge >= 0.3 is 6.18 Å². The highest BCUT2D eigenvalue weighted by Crippen LogP contribution is 2.33. The lowest BCUT2D eigenvalue weighted by Crippen LogP contribution is -2.39. The van der Waals surface area contributed by atoms with E-state index in [1.807, 2.05) is 34.9 Å². The van der Waals surface area contributed by atoms with E-state index in [1.54, 1.807) is 0 Å². The van der Waals surface area contributed by atoms with E-state index in [4.69, 9.17) is 4.74 Å². The summed E-state index contributed by atoms with van der Waals surface area (Å²) >= 11 is 1.23. The third kappa shape index (κ3) is 5.40. The molecule has 5 nitrogen and oxygen atoms in total. The Morgan fingerprint density at radius 1 is 1.16 bits per heavy atom. The molecule has 1 aliphatic heterocycles. The normalized spacial score (nSPS) is 15.3. The van der Waals surface area contributed by atoms with Gasteiger partial charge in [0, 0.05) is 19.3 Å². The fourth-order valence-electron chi connectivity index (χ4n) is 3.55. The number of hydrogen-bond acceptors (Lipinski definition) is 4. The number of alkyl halides is 3. The van der Waals surface area contributed by atoms with Crippen LogP contribution in [0, 0.1) is 0 Å². The molecule has 164 valence electrons. The highest BCUT2D eigenvalue weighted by Gasteiger charge is 2.31. The van der Waals surface area contributed by atoms with Crippen LogP contribution in [0.4, 0.5) is 13.2 Å². The molecule has 31 heavy (non-hydrogen) atoms. The summed E-state index contributed by atoms with van der Waals surface area (Å²) in [7, 11) is 0. The monoisotopic (exact) mass is 449 g/mol. The summed E-state index contributed by atoms with van der Waals surface area (Å²) in [5.41, 5.74) is 1.12. The van der Waals surface area contributed by atoms with Crippen molar-refractivity contribution >= 4 is 28.7 Å². The first-order valence-electron chi connectivity index (χ1n) is 10.0. The van der Waals surface area contributed by atoms with Gasteiger partial charge in [0.2, 0.25) is 5.91 Å². The Morgan fingerprint density at radius 2 is 1.90 bits per heavy atom. The van der Waals surface area contributed by atoms with Gasteiger partial charge in [0.05, 0.1) is 28.9 Å². The van der Waals surface area contributed by atoms with E-state index in [2.05, 4.69) is 10.3 Å². The molecule has 1 saturated heterocycles. The average molecular weight is 449 g/mol. The Labute approximate surface area is 182 Å². The topological polar surface area (TPSA) is 56.2 Å². The Morgan fingerprint density at radius 3 is 2.61 bits per heavy atom. The summed E-state index contributed by atoms with van der Waals surface area (Å²) in [6.07, 6.45) is -2.87. The number of imidazole rings is 1. The fourth-order valence-corrected chi connectivity index (χ4v) is 4.38. The van der Waals surface area contributed by atoms with Crippen LogP contribution in [0.3, 0.4) is 0 Å². The molecule has 1 aromatic heterocycles. The van der Waals surface area contributed by atoms with E-state index in [9.17, 15) is 18.0 Å². The second-order valence-corrected chi connectivity index (χ2v) is 8.35. The molecule has 9 heteroatoms. The van der Waals surface area contributed by atoms with E-state index in [-0.39, 0.29) is 23.2 Å². The highest BCUT2D eigenvalue weighted by atomic mass is 32.2. The van der Waals surface area contributed by atoms with Crippen LogP contribution in [0.1, 0.15) is 24.0 Å². The number of fused-ring (bicyclic) bond motifs is 1. The number of benzene rings is 2. The molecule has 1 aliphatic rings. The van der Waals surface area contributed by atoms with Gasteiger partial charge in [-0.15, -0.1) is 0 Å². The molecule has 0 saturated carbocycles. The van der Waals surface area contributed by atoms with Crippen molar-refractivity contribution in [3.05, 3.63) is 59.7 Å². The number of aromatic nitrogens is 2. The summed E-state index contributed by atoms with van der Waals surface area (Å²) in [6.45, 7) is 1.71. The Kier molecular flexibility index (Phi) is 6.52. The summed E-state index contributed by atoms with van der Waals surface area (Å²) in [5, 5.41) is 3.51. The maximum absolute atomic E-state index is 13.1. The lowest BCUT2D eigenvalue weighted by molar-refractivity contribution is -0.137. The van der Waals surface area contributed by atoms with Crippen molar-refractivity contribution in [2.75, 3.05) is 19.0 Å². The second-order valence-electron chi connectivity index (χ2n) is 7.41. The predicted molar refractivity (Wildman–Crippen MR) is 113 cm³/mol. The SMILES string of the molecule is O=C(CSc1nc2cc(C(F)(F)F)ccc2n1Cc1ccccc1)NC1CCOCC1. The number of ether oxygens (including phenoxy) is 1. The molecule has 0 bridgehead atoms. The largest absolute Gasteiger partial charge is 0.416 e. The van der Waals surface area contributed by atoms with Crippen LogP contribution >= 0.6 is 11.8 Å². The molecule has 0 spiro atoms. The zero-order chi connectivity index (χ0) is 21.8. The quantitative estimate of drug-likeness (QED) is 0.564. The van der Waals surface area contributed by atoms with Gasteiger partial charge in [-0.2, -0.15) is 13.2 Å². The Bertz CT molecular complexity index is 1050. The van der Waals surface area contributed by atoms with Crippen LogP contribution in [0.2, 0.25) is 0 Å². The molecule has 0 aliphatic carbocycles. The van der Waals surface area contributed by atoms with Crippen molar-refractivity contribution in [2.45, 2.75) is 36.8 Å². The number of carbonyl (C=O) groups excluding carboxylic acids is 1. The molecule has 1 amide bonds. The summed E-state index contributed by atoms with van der Waals surface area (Å²) in [6, 6.07) is 13.3. The molecular formula is C22H22F3N3O2S. The molecule has 4 rings (SSSR count). The van der Waals surface area contributed by atoms with Gasteiger partial charge in [-0.3, -0.25) is 4.79 Å². The first kappa shape index (κ1) is 21.7. The number of halogens is 3. The Balaban J connectivity index is 1.57. The molecule has 1 fully saturated rings. The molecule has 1 N–H and O–H groups in total. The van der Waals surface area contributed by atoms with Crippen LogP contribution in [0.25, 0.3) is 11.0 Å². The molecule has 0 unspecified atom stereocenters. The standard InChI is InChI=1S/C22H22F3N3O2S/c23-22(24,25)16-6-7-19-18(12-16)27-21(28(19)13-15-4-2-1-3-5-15)31-14-20(29)26-17-8-10-30-11-9-17/h1-7,12,17H,8-11,13-14H2,(H,26,29). The number of carbonyl (C=O) groups is 1. The third-order valence-electron chi connectivity index (χ3n) is 5.14. The first-order valence-corrected chi connectivity index (χ1v) is 11.0. The van der Waals surface area contributed by atoms with Crippen LogP contribution in [-0.4, -0.2) is 40.5 Å². The first-order chi connectivity index (χ1) is 14.9. The zero-order valence-corrected chi connectivity index (χ0v) is 17.5. The van der Waals surface area contributed by atoms with Gasteiger partial charge < -0.3 is 14.6 Å². The van der Waals surface area contributed by atoms with Crippen molar-refractivity contribution in [2.24, 2.45) is 0 Å². The van der Waals surface area contributed by atoms with Crippen molar-refractivity contribution in [3.8, 4) is 0 Å². The summed E-state index contributed by atoms with van der Waals surface area (Å²) in [5.74, 6) is 0.0212. The van der Waals surface area contributed by atoms with Crippen molar-refractivity contribution in [1.82, 2.24) is 14.9 Å². The minimum absolute atomic E-state index is 0.0966. The van der Waals surface area contributed by atoms with Gasteiger partial charge in [-0.05, 0) is 36.6 Å². The predicted octanol–water partition coefficient (Wildman–Crippen LogP) is 4.49. The third-order valence-corrected chi connectivity index (χ3v) is 6.12. The van der Waals surface area contributed by atoms with Gasteiger partial charge in [-0.25, -0.2) is 4.98 Å². The summed E-state index contributed by atoms with van der Waals surface area (Å²) in [4.78, 5) is 16.8. The van der Waals surface area contributed by atoms with Crippen LogP contribution in [0.15, 0.2) is 53.7 Å². The van der Waals surface area contributed by atoms with E-state index < -0.39 is 11.7 Å². The lowest BCUT2D eigenvalue weighted by Gasteiger charge is -2.23. The zero-order valence-electron chi connectivity index (χ0n) is 16.7. The number of amides is 1. The van der Waals surface area contributed by atoms with E-state index in [0.717, 1.165) is 30.5 Å². The molecular weight excluding hydrogens is 427 g/mol. The van der Waals surface area contributed by atoms with E-state index >= 15 is 0 Å². The number of nitrogens with zero attached hydrogens (tertiary/aromatic N) is 2. The molecule has 2 aromatic carbocycles. The molecule has 0 atom stereocenters. The number of rotatable bonds is 6. The summed E-state index contributed by atoms with van der Waals surface area (Å²) < 4.78 is 46.6. The molecule has 3 aromatic rings. The van der Waals surface area contributed by atoms with Crippen LogP contribution in [0.5, 0.6) is 0 Å². The van der Waals surface area contributed by atoms with Crippen molar-refractivity contribution < 1.29 is 22.7 Å². The van der Waals surface area contributed by atoms with Crippen molar-refractivity contribution in [1.29, 1.82) is 0 Å². The van der Waals surface area contributed by atoms with E-state index in [1.165, 1.54) is 17.8 Å². The fraction of sp³-hybridized carbons (Fsp3) is 0.364. The number of hydrogen-bond donors (Lipinski definition) is 1.